The molecule has 2 heteroatoms. The SMILES string of the molecule is CCNC(c1cc(C)c(OC)cc1C)C(CC)CC. The highest BCUT2D eigenvalue weighted by molar-refractivity contribution is 5.43. The maximum atomic E-state index is 5.41. The lowest BCUT2D eigenvalue weighted by atomic mass is 9.86. The van der Waals surface area contributed by atoms with E-state index >= 15 is 0 Å². The van der Waals surface area contributed by atoms with Gasteiger partial charge < -0.3 is 10.1 Å². The maximum Gasteiger partial charge on any atom is 0.122 e. The molecule has 1 aromatic carbocycles. The van der Waals surface area contributed by atoms with Crippen molar-refractivity contribution in [2.75, 3.05) is 13.7 Å². The summed E-state index contributed by atoms with van der Waals surface area (Å²) in [4.78, 5) is 0. The summed E-state index contributed by atoms with van der Waals surface area (Å²) < 4.78 is 5.41. The lowest BCUT2D eigenvalue weighted by Crippen LogP contribution is -2.28. The first kappa shape index (κ1) is 16.0. The van der Waals surface area contributed by atoms with Gasteiger partial charge >= 0.3 is 0 Å². The lowest BCUT2D eigenvalue weighted by molar-refractivity contribution is 0.344. The predicted octanol–water partition coefficient (Wildman–Crippen LogP) is 4.40. The van der Waals surface area contributed by atoms with Crippen LogP contribution in [0, 0.1) is 19.8 Å². The normalized spacial score (nSPS) is 12.8. The van der Waals surface area contributed by atoms with Crippen LogP contribution >= 0.6 is 0 Å². The van der Waals surface area contributed by atoms with Crippen LogP contribution in [0.1, 0.15) is 56.3 Å². The van der Waals surface area contributed by atoms with E-state index in [4.69, 9.17) is 4.74 Å². The summed E-state index contributed by atoms with van der Waals surface area (Å²) in [5, 5.41) is 3.67. The first-order valence-corrected chi connectivity index (χ1v) is 7.47. The summed E-state index contributed by atoms with van der Waals surface area (Å²) in [6, 6.07) is 4.90. The molecule has 0 aromatic heterocycles. The van der Waals surface area contributed by atoms with Crippen molar-refractivity contribution in [3.63, 3.8) is 0 Å². The third-order valence-corrected chi connectivity index (χ3v) is 4.06. The second-order valence-electron chi connectivity index (χ2n) is 5.29. The molecule has 0 spiro atoms. The average molecular weight is 263 g/mol. The van der Waals surface area contributed by atoms with Crippen LogP contribution in [0.3, 0.4) is 0 Å². The number of rotatable bonds is 7. The molecule has 1 aromatic rings. The van der Waals surface area contributed by atoms with Crippen molar-refractivity contribution >= 4 is 0 Å². The summed E-state index contributed by atoms with van der Waals surface area (Å²) in [6.45, 7) is 12.1. The molecular formula is C17H29NO. The van der Waals surface area contributed by atoms with E-state index in [0.29, 0.717) is 12.0 Å². The Morgan fingerprint density at radius 2 is 1.68 bits per heavy atom. The van der Waals surface area contributed by atoms with Crippen molar-refractivity contribution < 1.29 is 4.74 Å². The fourth-order valence-corrected chi connectivity index (χ4v) is 2.88. The van der Waals surface area contributed by atoms with Crippen LogP contribution in [0.2, 0.25) is 0 Å². The van der Waals surface area contributed by atoms with Crippen molar-refractivity contribution in [1.82, 2.24) is 5.32 Å². The highest BCUT2D eigenvalue weighted by Gasteiger charge is 2.21. The Morgan fingerprint density at radius 1 is 1.05 bits per heavy atom. The number of ether oxygens (including phenoxy) is 1. The highest BCUT2D eigenvalue weighted by Crippen LogP contribution is 2.33. The Labute approximate surface area is 118 Å². The topological polar surface area (TPSA) is 21.3 Å². The van der Waals surface area contributed by atoms with Gasteiger partial charge in [-0.2, -0.15) is 0 Å². The molecule has 0 aliphatic carbocycles. The number of benzene rings is 1. The van der Waals surface area contributed by atoms with Gasteiger partial charge in [-0.1, -0.05) is 39.7 Å². The maximum absolute atomic E-state index is 5.41. The summed E-state index contributed by atoms with van der Waals surface area (Å²) in [6.07, 6.45) is 2.41. The van der Waals surface area contributed by atoms with Crippen molar-refractivity contribution in [1.29, 1.82) is 0 Å². The van der Waals surface area contributed by atoms with Crippen LogP contribution in [0.4, 0.5) is 0 Å². The molecule has 0 fully saturated rings. The Morgan fingerprint density at radius 3 is 2.16 bits per heavy atom. The zero-order valence-corrected chi connectivity index (χ0v) is 13.3. The van der Waals surface area contributed by atoms with Crippen LogP contribution in [0.25, 0.3) is 0 Å². The van der Waals surface area contributed by atoms with Gasteiger partial charge in [-0.25, -0.2) is 0 Å². The Bertz CT molecular complexity index is 396. The first-order chi connectivity index (χ1) is 9.08. The molecule has 0 aliphatic heterocycles. The van der Waals surface area contributed by atoms with E-state index in [9.17, 15) is 0 Å². The van der Waals surface area contributed by atoms with Crippen LogP contribution in [0.15, 0.2) is 12.1 Å². The van der Waals surface area contributed by atoms with Gasteiger partial charge in [0.2, 0.25) is 0 Å². The van der Waals surface area contributed by atoms with Crippen molar-refractivity contribution in [2.45, 2.75) is 53.5 Å². The van der Waals surface area contributed by atoms with Crippen molar-refractivity contribution in [3.05, 3.63) is 28.8 Å². The van der Waals surface area contributed by atoms with E-state index in [1.807, 2.05) is 0 Å². The molecule has 19 heavy (non-hydrogen) atoms. The molecule has 0 bridgehead atoms. The van der Waals surface area contributed by atoms with E-state index in [1.165, 1.54) is 29.5 Å². The summed E-state index contributed by atoms with van der Waals surface area (Å²) in [5.41, 5.74) is 3.96. The Balaban J connectivity index is 3.18. The van der Waals surface area contributed by atoms with Gasteiger partial charge in [-0.3, -0.25) is 0 Å². The second kappa shape index (κ2) is 7.54. The zero-order valence-electron chi connectivity index (χ0n) is 13.3. The summed E-state index contributed by atoms with van der Waals surface area (Å²) in [7, 11) is 1.74. The second-order valence-corrected chi connectivity index (χ2v) is 5.29. The minimum absolute atomic E-state index is 0.449. The third kappa shape index (κ3) is 3.73. The number of aryl methyl sites for hydroxylation is 2. The molecule has 0 aliphatic rings. The fraction of sp³-hybridized carbons (Fsp3) is 0.647. The molecule has 1 N–H and O–H groups in total. The molecule has 0 saturated heterocycles. The van der Waals surface area contributed by atoms with Crippen molar-refractivity contribution in [2.24, 2.45) is 5.92 Å². The van der Waals surface area contributed by atoms with Crippen molar-refractivity contribution in [3.8, 4) is 5.75 Å². The molecule has 1 unspecified atom stereocenters. The zero-order chi connectivity index (χ0) is 14.4. The van der Waals surface area contributed by atoms with E-state index in [0.717, 1.165) is 12.3 Å². The molecule has 1 rings (SSSR count). The number of nitrogens with one attached hydrogen (secondary N) is 1. The number of hydrogen-bond donors (Lipinski definition) is 1. The minimum Gasteiger partial charge on any atom is -0.496 e. The molecule has 0 saturated carbocycles. The highest BCUT2D eigenvalue weighted by atomic mass is 16.5. The predicted molar refractivity (Wildman–Crippen MR) is 83.0 cm³/mol. The van der Waals surface area contributed by atoms with E-state index in [2.05, 4.69) is 52.1 Å². The third-order valence-electron chi connectivity index (χ3n) is 4.06. The summed E-state index contributed by atoms with van der Waals surface area (Å²) >= 11 is 0. The van der Waals surface area contributed by atoms with Gasteiger partial charge in [0.1, 0.15) is 5.75 Å². The van der Waals surface area contributed by atoms with E-state index < -0.39 is 0 Å². The fourth-order valence-electron chi connectivity index (χ4n) is 2.88. The largest absolute Gasteiger partial charge is 0.496 e. The summed E-state index contributed by atoms with van der Waals surface area (Å²) in [5.74, 6) is 1.67. The molecule has 1 atom stereocenters. The van der Waals surface area contributed by atoms with Gasteiger partial charge in [-0.15, -0.1) is 0 Å². The number of hydrogen-bond acceptors (Lipinski definition) is 2. The van der Waals surface area contributed by atoms with Crippen LogP contribution < -0.4 is 10.1 Å². The van der Waals surface area contributed by atoms with E-state index in [1.54, 1.807) is 7.11 Å². The van der Waals surface area contributed by atoms with Crippen LogP contribution in [-0.4, -0.2) is 13.7 Å². The first-order valence-electron chi connectivity index (χ1n) is 7.47. The Hall–Kier alpha value is -1.02. The molecule has 2 nitrogen and oxygen atoms in total. The van der Waals surface area contributed by atoms with Gasteiger partial charge in [0.05, 0.1) is 7.11 Å². The van der Waals surface area contributed by atoms with Gasteiger partial charge in [-0.05, 0) is 49.1 Å². The number of methoxy groups -OCH3 is 1. The monoisotopic (exact) mass is 263 g/mol. The van der Waals surface area contributed by atoms with E-state index in [-0.39, 0.29) is 0 Å². The lowest BCUT2D eigenvalue weighted by Gasteiger charge is -2.28. The molecular weight excluding hydrogens is 234 g/mol. The quantitative estimate of drug-likeness (QED) is 0.787. The van der Waals surface area contributed by atoms with Gasteiger partial charge in [0.15, 0.2) is 0 Å². The average Bonchev–Trinajstić information content (AvgIpc) is 2.41. The van der Waals surface area contributed by atoms with Crippen LogP contribution in [0.5, 0.6) is 5.75 Å². The minimum atomic E-state index is 0.449. The van der Waals surface area contributed by atoms with Crippen LogP contribution in [-0.2, 0) is 0 Å². The molecule has 0 amide bonds. The van der Waals surface area contributed by atoms with Gasteiger partial charge in [0, 0.05) is 6.04 Å². The molecule has 0 heterocycles. The molecule has 108 valence electrons. The van der Waals surface area contributed by atoms with Gasteiger partial charge in [0.25, 0.3) is 0 Å². The Kier molecular flexibility index (Phi) is 6.36. The standard InChI is InChI=1S/C17H29NO/c1-7-14(8-2)17(18-9-3)15-10-13(5)16(19-6)11-12(15)4/h10-11,14,17-18H,7-9H2,1-6H3. The molecule has 0 radical (unpaired) electrons. The smallest absolute Gasteiger partial charge is 0.122 e.